The zero-order valence-electron chi connectivity index (χ0n) is 9.77. The van der Waals surface area contributed by atoms with Gasteiger partial charge in [0.05, 0.1) is 18.2 Å². The highest BCUT2D eigenvalue weighted by atomic mass is 19.1. The van der Waals surface area contributed by atoms with Crippen LogP contribution < -0.4 is 10.6 Å². The third-order valence-electron chi connectivity index (χ3n) is 2.29. The van der Waals surface area contributed by atoms with Gasteiger partial charge in [0.1, 0.15) is 5.82 Å². The second kappa shape index (κ2) is 5.30. The molecule has 0 unspecified atom stereocenters. The second-order valence-electron chi connectivity index (χ2n) is 4.00. The normalized spacial score (nSPS) is 10.1. The summed E-state index contributed by atoms with van der Waals surface area (Å²) < 4.78 is 13.3. The first-order chi connectivity index (χ1) is 7.93. The van der Waals surface area contributed by atoms with Crippen molar-refractivity contribution in [3.05, 3.63) is 29.6 Å². The Labute approximate surface area is 99.4 Å². The maximum Gasteiger partial charge on any atom is 0.236 e. The summed E-state index contributed by atoms with van der Waals surface area (Å²) in [6, 6.07) is 5.82. The Kier molecular flexibility index (Phi) is 4.05. The summed E-state index contributed by atoms with van der Waals surface area (Å²) in [6.45, 7) is 3.71. The van der Waals surface area contributed by atoms with Crippen LogP contribution in [-0.4, -0.2) is 18.5 Å². The number of nitriles is 1. The number of benzene rings is 1. The summed E-state index contributed by atoms with van der Waals surface area (Å²) in [4.78, 5) is 12.6. The van der Waals surface area contributed by atoms with Crippen LogP contribution in [0, 0.1) is 17.1 Å². The van der Waals surface area contributed by atoms with E-state index in [0.717, 1.165) is 6.07 Å². The number of carbonyl (C=O) groups is 1. The Balaban J connectivity index is 3.14. The van der Waals surface area contributed by atoms with Crippen LogP contribution >= 0.6 is 0 Å². The fourth-order valence-corrected chi connectivity index (χ4v) is 1.54. The minimum atomic E-state index is -0.505. The van der Waals surface area contributed by atoms with E-state index < -0.39 is 11.7 Å². The van der Waals surface area contributed by atoms with Crippen LogP contribution in [0.4, 0.5) is 10.1 Å². The quantitative estimate of drug-likeness (QED) is 0.857. The highest BCUT2D eigenvalue weighted by Crippen LogP contribution is 2.20. The summed E-state index contributed by atoms with van der Waals surface area (Å²) in [7, 11) is 0. The summed E-state index contributed by atoms with van der Waals surface area (Å²) in [5.41, 5.74) is 5.84. The fourth-order valence-electron chi connectivity index (χ4n) is 1.54. The van der Waals surface area contributed by atoms with Gasteiger partial charge in [-0.1, -0.05) is 0 Å². The number of hydrogen-bond donors (Lipinski definition) is 1. The van der Waals surface area contributed by atoms with Gasteiger partial charge >= 0.3 is 0 Å². The van der Waals surface area contributed by atoms with Gasteiger partial charge in [-0.25, -0.2) is 4.39 Å². The number of primary amides is 1. The van der Waals surface area contributed by atoms with E-state index >= 15 is 0 Å². The van der Waals surface area contributed by atoms with E-state index in [1.807, 2.05) is 19.9 Å². The minimum Gasteiger partial charge on any atom is -0.368 e. The van der Waals surface area contributed by atoms with Crippen LogP contribution in [0.5, 0.6) is 0 Å². The van der Waals surface area contributed by atoms with Crippen molar-refractivity contribution in [3.63, 3.8) is 0 Å². The predicted octanol–water partition coefficient (Wildman–Crippen LogP) is 1.40. The smallest absolute Gasteiger partial charge is 0.236 e. The molecule has 0 aliphatic rings. The molecule has 0 fully saturated rings. The Morgan fingerprint density at radius 2 is 2.18 bits per heavy atom. The Morgan fingerprint density at radius 1 is 1.53 bits per heavy atom. The van der Waals surface area contributed by atoms with Crippen molar-refractivity contribution in [1.29, 1.82) is 5.26 Å². The topological polar surface area (TPSA) is 70.1 Å². The maximum absolute atomic E-state index is 13.3. The van der Waals surface area contributed by atoms with Crippen LogP contribution in [0.15, 0.2) is 18.2 Å². The van der Waals surface area contributed by atoms with Crippen molar-refractivity contribution in [2.75, 3.05) is 11.4 Å². The van der Waals surface area contributed by atoms with Gasteiger partial charge in [0.25, 0.3) is 0 Å². The number of halogens is 1. The Hall–Kier alpha value is -2.09. The fraction of sp³-hybridized carbons (Fsp3) is 0.333. The molecule has 1 aromatic carbocycles. The summed E-state index contributed by atoms with van der Waals surface area (Å²) in [6.07, 6.45) is 0. The van der Waals surface area contributed by atoms with E-state index in [-0.39, 0.29) is 18.2 Å². The van der Waals surface area contributed by atoms with Gasteiger partial charge in [-0.2, -0.15) is 5.26 Å². The van der Waals surface area contributed by atoms with Gasteiger partial charge in [-0.05, 0) is 32.0 Å². The van der Waals surface area contributed by atoms with Crippen LogP contribution in [-0.2, 0) is 4.79 Å². The molecule has 0 bridgehead atoms. The number of carbonyl (C=O) groups excluding carboxylic acids is 1. The van der Waals surface area contributed by atoms with Gasteiger partial charge in [0, 0.05) is 11.7 Å². The van der Waals surface area contributed by atoms with Crippen molar-refractivity contribution in [1.82, 2.24) is 0 Å². The van der Waals surface area contributed by atoms with E-state index in [1.54, 1.807) is 4.90 Å². The molecule has 0 saturated heterocycles. The monoisotopic (exact) mass is 235 g/mol. The molecule has 90 valence electrons. The molecule has 1 aromatic rings. The first-order valence-electron chi connectivity index (χ1n) is 5.19. The van der Waals surface area contributed by atoms with Crippen molar-refractivity contribution in [2.24, 2.45) is 5.73 Å². The molecule has 0 aliphatic carbocycles. The van der Waals surface area contributed by atoms with E-state index in [1.165, 1.54) is 12.1 Å². The van der Waals surface area contributed by atoms with E-state index in [0.29, 0.717) is 5.69 Å². The van der Waals surface area contributed by atoms with Gasteiger partial charge in [-0.3, -0.25) is 4.79 Å². The molecule has 0 saturated carbocycles. The molecule has 1 rings (SSSR count). The molecular formula is C12H14FN3O. The molecule has 0 aliphatic heterocycles. The first-order valence-corrected chi connectivity index (χ1v) is 5.19. The van der Waals surface area contributed by atoms with E-state index in [2.05, 4.69) is 0 Å². The lowest BCUT2D eigenvalue weighted by Crippen LogP contribution is -2.38. The van der Waals surface area contributed by atoms with Crippen LogP contribution in [0.1, 0.15) is 19.4 Å². The maximum atomic E-state index is 13.3. The van der Waals surface area contributed by atoms with Crippen molar-refractivity contribution < 1.29 is 9.18 Å². The second-order valence-corrected chi connectivity index (χ2v) is 4.00. The third kappa shape index (κ3) is 3.45. The minimum absolute atomic E-state index is 0.00795. The van der Waals surface area contributed by atoms with Gasteiger partial charge < -0.3 is 10.6 Å². The summed E-state index contributed by atoms with van der Waals surface area (Å²) in [5.74, 6) is -1.00. The number of amides is 1. The highest BCUT2D eigenvalue weighted by Gasteiger charge is 2.14. The number of anilines is 1. The van der Waals surface area contributed by atoms with Gasteiger partial charge in [0.2, 0.25) is 5.91 Å². The summed E-state index contributed by atoms with van der Waals surface area (Å²) >= 11 is 0. The van der Waals surface area contributed by atoms with Crippen LogP contribution in [0.2, 0.25) is 0 Å². The molecule has 2 N–H and O–H groups in total. The largest absolute Gasteiger partial charge is 0.368 e. The molecule has 0 spiro atoms. The predicted molar refractivity (Wildman–Crippen MR) is 62.8 cm³/mol. The third-order valence-corrected chi connectivity index (χ3v) is 2.29. The summed E-state index contributed by atoms with van der Waals surface area (Å²) in [5, 5.41) is 8.76. The van der Waals surface area contributed by atoms with Gasteiger partial charge in [0.15, 0.2) is 0 Å². The standard InChI is InChI=1S/C12H14FN3O/c1-8(2)16(7-12(15)17)11-4-9(6-14)3-10(13)5-11/h3-5,8H,7H2,1-2H3,(H2,15,17). The molecule has 17 heavy (non-hydrogen) atoms. The number of nitrogens with two attached hydrogens (primary N) is 1. The zero-order chi connectivity index (χ0) is 13.0. The average molecular weight is 235 g/mol. The van der Waals surface area contributed by atoms with Gasteiger partial charge in [-0.15, -0.1) is 0 Å². The lowest BCUT2D eigenvalue weighted by molar-refractivity contribution is -0.116. The average Bonchev–Trinajstić information content (AvgIpc) is 2.24. The van der Waals surface area contributed by atoms with Crippen molar-refractivity contribution in [2.45, 2.75) is 19.9 Å². The van der Waals surface area contributed by atoms with Crippen LogP contribution in [0.25, 0.3) is 0 Å². The number of rotatable bonds is 4. The number of nitrogens with zero attached hydrogens (tertiary/aromatic N) is 2. The Bertz CT molecular complexity index is 465. The SMILES string of the molecule is CC(C)N(CC(N)=O)c1cc(F)cc(C#N)c1. The zero-order valence-corrected chi connectivity index (χ0v) is 9.77. The molecule has 4 nitrogen and oxygen atoms in total. The van der Waals surface area contributed by atoms with E-state index in [9.17, 15) is 9.18 Å². The van der Waals surface area contributed by atoms with Crippen molar-refractivity contribution >= 4 is 11.6 Å². The number of hydrogen-bond acceptors (Lipinski definition) is 3. The molecular weight excluding hydrogens is 221 g/mol. The molecule has 1 amide bonds. The van der Waals surface area contributed by atoms with E-state index in [4.69, 9.17) is 11.0 Å². The lowest BCUT2D eigenvalue weighted by atomic mass is 10.1. The molecule has 0 atom stereocenters. The van der Waals surface area contributed by atoms with Crippen molar-refractivity contribution in [3.8, 4) is 6.07 Å². The molecule has 0 radical (unpaired) electrons. The lowest BCUT2D eigenvalue weighted by Gasteiger charge is -2.27. The molecule has 0 heterocycles. The highest BCUT2D eigenvalue weighted by molar-refractivity contribution is 5.79. The molecule has 5 heteroatoms. The first kappa shape index (κ1) is 13.0. The van der Waals surface area contributed by atoms with Crippen LogP contribution in [0.3, 0.4) is 0 Å². The molecule has 0 aromatic heterocycles. The Morgan fingerprint density at radius 3 is 2.65 bits per heavy atom.